The fourth-order valence-electron chi connectivity index (χ4n) is 5.24. The number of pyridine rings is 3. The van der Waals surface area contributed by atoms with Crippen molar-refractivity contribution in [2.45, 2.75) is 111 Å². The van der Waals surface area contributed by atoms with Crippen LogP contribution in [0.2, 0.25) is 0 Å². The number of nitrogens with zero attached hydrogens (tertiary/aromatic N) is 8. The highest BCUT2D eigenvalue weighted by atomic mass is 15.0. The van der Waals surface area contributed by atoms with Crippen molar-refractivity contribution in [3.63, 3.8) is 0 Å². The van der Waals surface area contributed by atoms with Crippen molar-refractivity contribution >= 4 is 40.1 Å². The topological polar surface area (TPSA) is 126 Å². The van der Waals surface area contributed by atoms with Gasteiger partial charge in [0.2, 0.25) is 0 Å². The molecule has 0 radical (unpaired) electrons. The molecule has 0 atom stereocenters. The minimum absolute atomic E-state index is 0.0904. The van der Waals surface area contributed by atoms with Gasteiger partial charge in [-0.3, -0.25) is 9.38 Å². The molecule has 0 saturated carbocycles. The van der Waals surface area contributed by atoms with Gasteiger partial charge < -0.3 is 9.97 Å². The van der Waals surface area contributed by atoms with Gasteiger partial charge in [0.25, 0.3) is 0 Å². The summed E-state index contributed by atoms with van der Waals surface area (Å²) in [4.78, 5) is 36.0. The normalized spacial score (nSPS) is 12.8. The van der Waals surface area contributed by atoms with E-state index in [1.54, 1.807) is 18.9 Å². The molecule has 0 saturated heterocycles. The van der Waals surface area contributed by atoms with E-state index in [0.717, 1.165) is 51.1 Å². The lowest BCUT2D eigenvalue weighted by Crippen LogP contribution is -2.28. The van der Waals surface area contributed by atoms with Crippen molar-refractivity contribution in [1.82, 2.24) is 49.3 Å². The van der Waals surface area contributed by atoms with E-state index < -0.39 is 0 Å². The molecule has 0 spiro atoms. The van der Waals surface area contributed by atoms with Crippen LogP contribution in [-0.4, -0.2) is 49.3 Å². The molecule has 52 heavy (non-hydrogen) atoms. The molecule has 0 aromatic carbocycles. The van der Waals surface area contributed by atoms with Crippen molar-refractivity contribution in [2.24, 2.45) is 0 Å². The molecule has 7 heterocycles. The zero-order valence-corrected chi connectivity index (χ0v) is 32.9. The van der Waals surface area contributed by atoms with Crippen LogP contribution in [0.25, 0.3) is 40.1 Å². The van der Waals surface area contributed by atoms with Crippen molar-refractivity contribution in [3.05, 3.63) is 107 Å². The third-order valence-electron chi connectivity index (χ3n) is 8.71. The molecule has 7 aromatic heterocycles. The van der Waals surface area contributed by atoms with Crippen LogP contribution in [0.5, 0.6) is 0 Å². The summed E-state index contributed by atoms with van der Waals surface area (Å²) in [6.07, 6.45) is 18.2. The van der Waals surface area contributed by atoms with Crippen molar-refractivity contribution in [2.75, 3.05) is 0 Å². The molecular weight excluding hydrogens is 645 g/mol. The number of nitrogens with one attached hydrogen (secondary N) is 2. The fraction of sp³-hybridized carbons (Fsp3) is 0.405. The summed E-state index contributed by atoms with van der Waals surface area (Å²) in [7, 11) is 0. The smallest absolute Gasteiger partial charge is 0.177 e. The highest BCUT2D eigenvalue weighted by molar-refractivity contribution is 5.70. The third-order valence-corrected chi connectivity index (χ3v) is 8.71. The first kappa shape index (κ1) is 38.0. The van der Waals surface area contributed by atoms with Crippen LogP contribution in [0.3, 0.4) is 0 Å². The summed E-state index contributed by atoms with van der Waals surface area (Å²) in [5.41, 5.74) is 9.77. The molecular formula is C42H54N10. The molecule has 7 aromatic rings. The van der Waals surface area contributed by atoms with Gasteiger partial charge in [0.15, 0.2) is 11.3 Å². The largest absolute Gasteiger partial charge is 0.343 e. The van der Waals surface area contributed by atoms with Crippen LogP contribution in [0.15, 0.2) is 74.1 Å². The van der Waals surface area contributed by atoms with Crippen LogP contribution in [-0.2, 0) is 21.7 Å². The van der Waals surface area contributed by atoms with Crippen LogP contribution >= 0.6 is 0 Å². The Morgan fingerprint density at radius 3 is 1.88 bits per heavy atom. The standard InChI is InChI=1S/C12H15N.3C10H13N3/c1-12(2,3)10-7-9-5-4-6-11(9)13-8-10;1-10(2,3)7-4-8-9(11-5-7)13-6-12-8;1-10(2,3)8-6-9-11-4-5-13(9)7-12-8;1-10(2,3)8-5-4-7-9(13-8)12-6-11-7/h5-8H,4H2,1-3H3;4-6H,1-3H3,(H,11,12,13);4-7H,1-3H3;4-6H,1-3H3,(H,11,12,13). The summed E-state index contributed by atoms with van der Waals surface area (Å²) in [5.74, 6) is 0. The summed E-state index contributed by atoms with van der Waals surface area (Å²) in [6.45, 7) is 26.1. The number of hydrogen-bond donors (Lipinski definition) is 2. The first-order valence-electron chi connectivity index (χ1n) is 17.9. The fourth-order valence-corrected chi connectivity index (χ4v) is 5.24. The molecule has 0 fully saturated rings. The quantitative estimate of drug-likeness (QED) is 0.165. The Balaban J connectivity index is 0.000000134. The van der Waals surface area contributed by atoms with Gasteiger partial charge in [0.05, 0.1) is 34.7 Å². The molecule has 10 heteroatoms. The van der Waals surface area contributed by atoms with Crippen LogP contribution < -0.4 is 10.6 Å². The molecule has 10 nitrogen and oxygen atoms in total. The minimum Gasteiger partial charge on any atom is -0.343 e. The summed E-state index contributed by atoms with van der Waals surface area (Å²) < 4.78 is 1.91. The van der Waals surface area contributed by atoms with E-state index in [2.05, 4.69) is 152 Å². The maximum absolute atomic E-state index is 4.46. The molecule has 8 rings (SSSR count). The first-order chi connectivity index (χ1) is 24.3. The molecule has 2 N–H and O–H groups in total. The number of H-pyrrole nitrogens is 2. The molecule has 0 unspecified atom stereocenters. The Hall–Kier alpha value is -5.25. The SMILES string of the molecule is CC(C)(C)c1cc2nccn2cn1.CC(C)(C)c1ccc2[nH]cnc2n1.CC(C)(C)c1cnc2c(c1)=CCC=2.CC(C)(C)c1cnc2nc[nH]c2c1. The van der Waals surface area contributed by atoms with Gasteiger partial charge in [-0.1, -0.05) is 95.2 Å². The van der Waals surface area contributed by atoms with E-state index >= 15 is 0 Å². The van der Waals surface area contributed by atoms with Crippen molar-refractivity contribution in [1.29, 1.82) is 0 Å². The molecule has 0 bridgehead atoms. The molecule has 1 aliphatic carbocycles. The monoisotopic (exact) mass is 698 g/mol. The van der Waals surface area contributed by atoms with E-state index in [9.17, 15) is 0 Å². The number of imidazole rings is 3. The Bertz CT molecular complexity index is 2180. The van der Waals surface area contributed by atoms with Crippen LogP contribution in [0.4, 0.5) is 0 Å². The van der Waals surface area contributed by atoms with E-state index in [1.807, 2.05) is 47.5 Å². The minimum atomic E-state index is 0.0904. The third kappa shape index (κ3) is 9.54. The van der Waals surface area contributed by atoms with Crippen molar-refractivity contribution in [3.8, 4) is 0 Å². The first-order valence-corrected chi connectivity index (χ1v) is 17.9. The highest BCUT2D eigenvalue weighted by Gasteiger charge is 2.18. The van der Waals surface area contributed by atoms with Gasteiger partial charge in [-0.2, -0.15) is 0 Å². The number of aromatic amines is 2. The predicted octanol–water partition coefficient (Wildman–Crippen LogP) is 7.88. The zero-order valence-electron chi connectivity index (χ0n) is 32.9. The van der Waals surface area contributed by atoms with E-state index in [-0.39, 0.29) is 21.7 Å². The Morgan fingerprint density at radius 2 is 1.21 bits per heavy atom. The second-order valence-corrected chi connectivity index (χ2v) is 17.3. The van der Waals surface area contributed by atoms with Gasteiger partial charge in [-0.25, -0.2) is 29.9 Å². The average Bonchev–Trinajstić information content (AvgIpc) is 3.89. The molecule has 0 aliphatic heterocycles. The predicted molar refractivity (Wildman–Crippen MR) is 213 cm³/mol. The Labute approximate surface area is 307 Å². The number of aromatic nitrogens is 10. The summed E-state index contributed by atoms with van der Waals surface area (Å²) >= 11 is 0. The van der Waals surface area contributed by atoms with Crippen molar-refractivity contribution < 1.29 is 0 Å². The van der Waals surface area contributed by atoms with Gasteiger partial charge in [0, 0.05) is 47.4 Å². The Kier molecular flexibility index (Phi) is 10.8. The maximum atomic E-state index is 4.46. The van der Waals surface area contributed by atoms with Gasteiger partial charge in [-0.05, 0) is 57.9 Å². The lowest BCUT2D eigenvalue weighted by molar-refractivity contribution is 0.567. The Morgan fingerprint density at radius 1 is 0.577 bits per heavy atom. The number of rotatable bonds is 0. The van der Waals surface area contributed by atoms with Crippen LogP contribution in [0, 0.1) is 0 Å². The molecule has 0 amide bonds. The van der Waals surface area contributed by atoms with Gasteiger partial charge in [0.1, 0.15) is 12.0 Å². The van der Waals surface area contributed by atoms with Crippen LogP contribution in [0.1, 0.15) is 112 Å². The summed E-state index contributed by atoms with van der Waals surface area (Å²) in [5, 5.41) is 2.44. The van der Waals surface area contributed by atoms with E-state index in [0.29, 0.717) is 0 Å². The number of hydrogen-bond acceptors (Lipinski definition) is 7. The maximum Gasteiger partial charge on any atom is 0.177 e. The summed E-state index contributed by atoms with van der Waals surface area (Å²) in [6, 6.07) is 10.5. The lowest BCUT2D eigenvalue weighted by Gasteiger charge is -2.17. The zero-order chi connectivity index (χ0) is 37.9. The molecule has 1 aliphatic rings. The van der Waals surface area contributed by atoms with E-state index in [1.165, 1.54) is 16.3 Å². The van der Waals surface area contributed by atoms with Gasteiger partial charge in [-0.15, -0.1) is 0 Å². The second-order valence-electron chi connectivity index (χ2n) is 17.3. The van der Waals surface area contributed by atoms with Gasteiger partial charge >= 0.3 is 0 Å². The van der Waals surface area contributed by atoms with E-state index in [4.69, 9.17) is 0 Å². The second kappa shape index (κ2) is 14.8. The lowest BCUT2D eigenvalue weighted by atomic mass is 9.88. The highest BCUT2D eigenvalue weighted by Crippen LogP contribution is 2.24. The molecule has 272 valence electrons. The average molecular weight is 699 g/mol. The number of fused-ring (bicyclic) bond motifs is 4.